The van der Waals surface area contributed by atoms with Crippen molar-refractivity contribution in [2.24, 2.45) is 5.41 Å². The molecule has 0 aliphatic carbocycles. The first-order valence-electron chi connectivity index (χ1n) is 16.7. The molecule has 0 spiro atoms. The summed E-state index contributed by atoms with van der Waals surface area (Å²) in [6.07, 6.45) is 3.97. The maximum absolute atomic E-state index is 6.40. The minimum Gasteiger partial charge on any atom is 0 e. The number of aryl methyl sites for hydroxylation is 1. The van der Waals surface area contributed by atoms with Gasteiger partial charge in [0.2, 0.25) is 0 Å². The molecule has 5 heteroatoms. The smallest absolute Gasteiger partial charge is 0 e. The summed E-state index contributed by atoms with van der Waals surface area (Å²) in [4.78, 5) is 9.26. The molecule has 0 fully saturated rings. The summed E-state index contributed by atoms with van der Waals surface area (Å²) < 4.78 is 7.89. The average Bonchev–Trinajstić information content (AvgIpc) is 3.46. The van der Waals surface area contributed by atoms with Gasteiger partial charge in [-0.2, -0.15) is 0 Å². The van der Waals surface area contributed by atoms with Crippen molar-refractivity contribution in [2.45, 2.75) is 57.8 Å². The fourth-order valence-corrected chi connectivity index (χ4v) is 9.72. The first kappa shape index (κ1) is 36.5. The van der Waals surface area contributed by atoms with Crippen LogP contribution >= 0.6 is 0 Å². The third-order valence-electron chi connectivity index (χ3n) is 9.28. The molecule has 0 aliphatic heterocycles. The predicted molar refractivity (Wildman–Crippen MR) is 205 cm³/mol. The zero-order valence-corrected chi connectivity index (χ0v) is 34.2. The van der Waals surface area contributed by atoms with Crippen molar-refractivity contribution in [2.75, 3.05) is 0 Å². The molecule has 251 valence electrons. The molecule has 49 heavy (non-hydrogen) atoms. The fraction of sp³-hybridized carbons (Fsp3) is 0.227. The van der Waals surface area contributed by atoms with Crippen LogP contribution in [-0.2, 0) is 20.1 Å². The van der Waals surface area contributed by atoms with E-state index in [4.69, 9.17) is 4.42 Å². The van der Waals surface area contributed by atoms with Gasteiger partial charge in [0, 0.05) is 31.7 Å². The van der Waals surface area contributed by atoms with Crippen molar-refractivity contribution in [1.29, 1.82) is 0 Å². The molecule has 1 radical (unpaired) electrons. The van der Waals surface area contributed by atoms with E-state index < -0.39 is 13.3 Å². The Morgan fingerprint density at radius 1 is 0.735 bits per heavy atom. The van der Waals surface area contributed by atoms with Crippen molar-refractivity contribution in [1.82, 2.24) is 9.97 Å². The molecule has 3 nitrogen and oxygen atoms in total. The fourth-order valence-electron chi connectivity index (χ4n) is 6.14. The number of hydrogen-bond acceptors (Lipinski definition) is 3. The van der Waals surface area contributed by atoms with E-state index in [1.807, 2.05) is 36.5 Å². The summed E-state index contributed by atoms with van der Waals surface area (Å²) in [5.41, 5.74) is 10.8. The topological polar surface area (TPSA) is 38.9 Å². The van der Waals surface area contributed by atoms with Crippen LogP contribution in [0, 0.1) is 24.5 Å². The van der Waals surface area contributed by atoms with Crippen LogP contribution < -0.4 is 4.40 Å². The Bertz CT molecular complexity index is 2180. The Hall–Kier alpha value is -3.83. The summed E-state index contributed by atoms with van der Waals surface area (Å²) in [6.45, 7) is 11.3. The number of pyridine rings is 2. The molecule has 3 aromatic heterocycles. The average molecular weight is 882 g/mol. The van der Waals surface area contributed by atoms with Gasteiger partial charge in [-0.05, 0) is 40.3 Å². The third-order valence-corrected chi connectivity index (χ3v) is 13.8. The number of aromatic nitrogens is 2. The molecule has 1 atom stereocenters. The molecule has 0 saturated heterocycles. The van der Waals surface area contributed by atoms with E-state index in [2.05, 4.69) is 153 Å². The molecule has 7 rings (SSSR count). The Morgan fingerprint density at radius 3 is 2.16 bits per heavy atom. The Kier molecular flexibility index (Phi) is 11.1. The molecule has 0 aliphatic rings. The summed E-state index contributed by atoms with van der Waals surface area (Å²) >= 11 is -1.77. The van der Waals surface area contributed by atoms with Crippen molar-refractivity contribution < 1.29 is 24.5 Å². The summed E-state index contributed by atoms with van der Waals surface area (Å²) in [5.74, 6) is 7.62. The molecule has 4 aromatic carbocycles. The van der Waals surface area contributed by atoms with E-state index in [0.29, 0.717) is 5.92 Å². The van der Waals surface area contributed by atoms with Crippen LogP contribution in [0.5, 0.6) is 0 Å². The van der Waals surface area contributed by atoms with E-state index in [-0.39, 0.29) is 25.5 Å². The maximum Gasteiger partial charge on any atom is 0 e. The minimum atomic E-state index is -1.77. The SMILES string of the molecule is CC(c1ccnc(-c2[c-]ccc3c2oc2cc(-c4ccccc4)ccc23)c1)C(C)(C)C.Cc1cc(-c2[c-]cccc2)nc[c]1[Ge]([CH3])([CH3])[CH3].[Ir]. The standard InChI is InChI=1S/C29H26NO.C15H18GeN.Ir/c1-19(29(2,3)4)21-15-16-30-26(17-21)25-12-8-11-24-23-14-13-22(18-27(23)31-28(24)25)20-9-6-5-7-10-20;1-12-10-15(13-8-6-5-7-9-13)17-11-14(12)16(2,3)4;/h5-11,13-19H,1-4H3;5-8,10-11H,1-4H3;/q2*-1;. The van der Waals surface area contributed by atoms with Gasteiger partial charge in [-0.25, -0.2) is 0 Å². The van der Waals surface area contributed by atoms with Crippen LogP contribution in [0.2, 0.25) is 17.3 Å². The summed E-state index contributed by atoms with van der Waals surface area (Å²) in [5, 5.41) is 2.21. The molecule has 0 saturated carbocycles. The second-order valence-corrected chi connectivity index (χ2v) is 25.3. The molecule has 0 bridgehead atoms. The number of fused-ring (bicyclic) bond motifs is 3. The van der Waals surface area contributed by atoms with Gasteiger partial charge in [-0.3, -0.25) is 0 Å². The molecule has 0 amide bonds. The van der Waals surface area contributed by atoms with Gasteiger partial charge in [0.15, 0.2) is 0 Å². The number of furan rings is 1. The van der Waals surface area contributed by atoms with Gasteiger partial charge < -0.3 is 9.40 Å². The summed E-state index contributed by atoms with van der Waals surface area (Å²) in [6, 6.07) is 42.0. The van der Waals surface area contributed by atoms with E-state index in [1.54, 1.807) is 0 Å². The van der Waals surface area contributed by atoms with Crippen molar-refractivity contribution in [3.8, 4) is 33.6 Å². The number of benzene rings is 4. The Labute approximate surface area is 307 Å². The van der Waals surface area contributed by atoms with E-state index in [9.17, 15) is 0 Å². The molecule has 0 N–H and O–H groups in total. The predicted octanol–water partition coefficient (Wildman–Crippen LogP) is 11.7. The van der Waals surface area contributed by atoms with Crippen LogP contribution in [0.15, 0.2) is 120 Å². The van der Waals surface area contributed by atoms with Crippen LogP contribution in [0.4, 0.5) is 0 Å². The van der Waals surface area contributed by atoms with Crippen molar-refractivity contribution >= 4 is 39.6 Å². The molecular weight excluding hydrogens is 837 g/mol. The van der Waals surface area contributed by atoms with E-state index in [0.717, 1.165) is 50.0 Å². The van der Waals surface area contributed by atoms with Gasteiger partial charge in [-0.15, -0.1) is 18.2 Å². The Morgan fingerprint density at radius 2 is 1.49 bits per heavy atom. The van der Waals surface area contributed by atoms with Crippen molar-refractivity contribution in [3.63, 3.8) is 0 Å². The van der Waals surface area contributed by atoms with Crippen LogP contribution in [-0.4, -0.2) is 23.2 Å². The van der Waals surface area contributed by atoms with Crippen molar-refractivity contribution in [3.05, 3.63) is 139 Å². The normalized spacial score (nSPS) is 12.2. The second-order valence-electron chi connectivity index (χ2n) is 14.7. The Balaban J connectivity index is 0.000000221. The number of nitrogens with zero attached hydrogens (tertiary/aromatic N) is 2. The molecule has 1 unspecified atom stereocenters. The zero-order valence-electron chi connectivity index (χ0n) is 29.7. The minimum absolute atomic E-state index is 0. The van der Waals surface area contributed by atoms with Crippen LogP contribution in [0.1, 0.15) is 44.7 Å². The first-order valence-corrected chi connectivity index (χ1v) is 24.1. The monoisotopic (exact) mass is 883 g/mol. The van der Waals surface area contributed by atoms with E-state index >= 15 is 0 Å². The van der Waals surface area contributed by atoms with Crippen LogP contribution in [0.25, 0.3) is 55.6 Å². The molecular formula is C44H44GeIrN2O-2. The first-order chi connectivity index (χ1) is 22.9. The number of rotatable bonds is 5. The largest absolute Gasteiger partial charge is 0 e. The maximum atomic E-state index is 6.40. The van der Waals surface area contributed by atoms with Crippen LogP contribution in [0.3, 0.4) is 0 Å². The van der Waals surface area contributed by atoms with Gasteiger partial charge in [0.25, 0.3) is 0 Å². The van der Waals surface area contributed by atoms with E-state index in [1.165, 1.54) is 21.1 Å². The second kappa shape index (κ2) is 15.0. The summed E-state index contributed by atoms with van der Waals surface area (Å²) in [7, 11) is 0. The zero-order chi connectivity index (χ0) is 34.1. The number of hydrogen-bond donors (Lipinski definition) is 0. The van der Waals surface area contributed by atoms with Gasteiger partial charge in [-0.1, -0.05) is 92.7 Å². The quantitative estimate of drug-likeness (QED) is 0.128. The molecule has 3 heterocycles. The van der Waals surface area contributed by atoms with Gasteiger partial charge in [0.05, 0.1) is 5.58 Å². The van der Waals surface area contributed by atoms with Gasteiger partial charge in [0.1, 0.15) is 5.58 Å². The third kappa shape index (κ3) is 8.15. The van der Waals surface area contributed by atoms with Gasteiger partial charge >= 0.3 is 106 Å². The molecule has 7 aromatic rings.